The second-order valence-corrected chi connectivity index (χ2v) is 6.39. The largest absolute Gasteiger partial charge is 0.383 e. The minimum absolute atomic E-state index is 0.120. The third-order valence-electron chi connectivity index (χ3n) is 4.29. The van der Waals surface area contributed by atoms with Crippen molar-refractivity contribution in [3.8, 4) is 11.1 Å². The Morgan fingerprint density at radius 3 is 2.81 bits per heavy atom. The van der Waals surface area contributed by atoms with Crippen LogP contribution in [0.4, 0.5) is 5.82 Å². The number of fused-ring (bicyclic) bond motifs is 1. The third-order valence-corrected chi connectivity index (χ3v) is 4.29. The molecule has 0 aliphatic heterocycles. The molecule has 0 unspecified atom stereocenters. The topological polar surface area (TPSA) is 90.1 Å². The van der Waals surface area contributed by atoms with Gasteiger partial charge in [-0.1, -0.05) is 12.1 Å². The molecular weight excluding hydrogens is 328 g/mol. The first-order valence-corrected chi connectivity index (χ1v) is 8.41. The Hall–Kier alpha value is -2.99. The Kier molecular flexibility index (Phi) is 5.14. The number of aromatic nitrogens is 2. The third kappa shape index (κ3) is 3.65. The van der Waals surface area contributed by atoms with Gasteiger partial charge in [0.05, 0.1) is 12.8 Å². The Labute approximate surface area is 152 Å². The van der Waals surface area contributed by atoms with E-state index in [4.69, 9.17) is 10.5 Å². The van der Waals surface area contributed by atoms with Gasteiger partial charge in [-0.25, -0.2) is 0 Å². The molecule has 6 nitrogen and oxygen atoms in total. The van der Waals surface area contributed by atoms with Gasteiger partial charge in [0.15, 0.2) is 5.82 Å². The summed E-state index contributed by atoms with van der Waals surface area (Å²) in [5.41, 5.74) is 8.96. The fourth-order valence-electron chi connectivity index (χ4n) is 2.97. The van der Waals surface area contributed by atoms with Gasteiger partial charge in [0, 0.05) is 29.5 Å². The van der Waals surface area contributed by atoms with E-state index < -0.39 is 5.91 Å². The second kappa shape index (κ2) is 7.49. The van der Waals surface area contributed by atoms with Crippen molar-refractivity contribution < 1.29 is 9.53 Å². The fraction of sp³-hybridized carbons (Fsp3) is 0.250. The number of aryl methyl sites for hydroxylation is 1. The van der Waals surface area contributed by atoms with Crippen LogP contribution in [0.25, 0.3) is 21.9 Å². The molecule has 1 aromatic heterocycles. The molecule has 0 aliphatic rings. The summed E-state index contributed by atoms with van der Waals surface area (Å²) in [7, 11) is 1.67. The van der Waals surface area contributed by atoms with Crippen LogP contribution in [0.3, 0.4) is 0 Å². The minimum Gasteiger partial charge on any atom is -0.383 e. The van der Waals surface area contributed by atoms with Crippen molar-refractivity contribution in [2.24, 2.45) is 5.73 Å². The number of carbonyl (C=O) groups is 1. The maximum atomic E-state index is 11.5. The van der Waals surface area contributed by atoms with E-state index in [1.807, 2.05) is 44.2 Å². The predicted octanol–water partition coefficient (Wildman–Crippen LogP) is 3.15. The maximum absolute atomic E-state index is 11.5. The van der Waals surface area contributed by atoms with E-state index in [0.717, 1.165) is 33.3 Å². The van der Waals surface area contributed by atoms with Crippen LogP contribution in [0.5, 0.6) is 0 Å². The van der Waals surface area contributed by atoms with Crippen LogP contribution in [0.2, 0.25) is 0 Å². The molecule has 2 aromatic carbocycles. The summed E-state index contributed by atoms with van der Waals surface area (Å²) in [6.45, 7) is 4.61. The van der Waals surface area contributed by atoms with Crippen LogP contribution >= 0.6 is 0 Å². The summed E-state index contributed by atoms with van der Waals surface area (Å²) in [5.74, 6) is 0.290. The first kappa shape index (κ1) is 17.8. The monoisotopic (exact) mass is 350 g/mol. The van der Waals surface area contributed by atoms with Crippen LogP contribution in [-0.2, 0) is 4.74 Å². The number of carbonyl (C=O) groups excluding carboxylic acids is 1. The van der Waals surface area contributed by atoms with Gasteiger partial charge in [0.2, 0.25) is 5.91 Å². The molecule has 3 rings (SSSR count). The lowest BCUT2D eigenvalue weighted by molar-refractivity contribution is 0.100. The van der Waals surface area contributed by atoms with Crippen molar-refractivity contribution in [3.05, 3.63) is 53.7 Å². The zero-order valence-electron chi connectivity index (χ0n) is 15.1. The van der Waals surface area contributed by atoms with Crippen LogP contribution in [0, 0.1) is 6.92 Å². The van der Waals surface area contributed by atoms with Crippen molar-refractivity contribution in [3.63, 3.8) is 0 Å². The van der Waals surface area contributed by atoms with Crippen molar-refractivity contribution in [2.45, 2.75) is 19.9 Å². The minimum atomic E-state index is -0.434. The molecule has 0 radical (unpaired) electrons. The van der Waals surface area contributed by atoms with Gasteiger partial charge < -0.3 is 15.8 Å². The molecule has 1 heterocycles. The highest BCUT2D eigenvalue weighted by Gasteiger charge is 2.11. The highest BCUT2D eigenvalue weighted by molar-refractivity contribution is 5.96. The fourth-order valence-corrected chi connectivity index (χ4v) is 2.97. The van der Waals surface area contributed by atoms with E-state index in [-0.39, 0.29) is 6.04 Å². The average molecular weight is 350 g/mol. The molecule has 0 saturated heterocycles. The first-order valence-electron chi connectivity index (χ1n) is 8.41. The van der Waals surface area contributed by atoms with E-state index in [1.54, 1.807) is 19.4 Å². The van der Waals surface area contributed by atoms with Gasteiger partial charge in [0.25, 0.3) is 0 Å². The van der Waals surface area contributed by atoms with Gasteiger partial charge in [-0.05, 0) is 54.8 Å². The van der Waals surface area contributed by atoms with Crippen LogP contribution in [0.1, 0.15) is 22.8 Å². The molecule has 0 saturated carbocycles. The van der Waals surface area contributed by atoms with Crippen LogP contribution in [0.15, 0.2) is 42.6 Å². The van der Waals surface area contributed by atoms with Crippen molar-refractivity contribution in [2.75, 3.05) is 19.0 Å². The molecular formula is C20H22N4O2. The number of benzene rings is 2. The molecule has 1 amide bonds. The van der Waals surface area contributed by atoms with Crippen molar-refractivity contribution in [1.29, 1.82) is 0 Å². The quantitative estimate of drug-likeness (QED) is 0.713. The summed E-state index contributed by atoms with van der Waals surface area (Å²) in [6, 6.07) is 11.7. The van der Waals surface area contributed by atoms with E-state index in [0.29, 0.717) is 12.2 Å². The van der Waals surface area contributed by atoms with Gasteiger partial charge in [-0.3, -0.25) is 4.79 Å². The number of primary amides is 1. The molecule has 134 valence electrons. The normalized spacial score (nSPS) is 12.1. The molecule has 0 aliphatic carbocycles. The summed E-state index contributed by atoms with van der Waals surface area (Å²) in [5, 5.41) is 13.6. The van der Waals surface area contributed by atoms with E-state index in [2.05, 4.69) is 15.5 Å². The van der Waals surface area contributed by atoms with Gasteiger partial charge in [-0.2, -0.15) is 5.10 Å². The number of nitrogens with zero attached hydrogens (tertiary/aromatic N) is 2. The molecule has 26 heavy (non-hydrogen) atoms. The highest BCUT2D eigenvalue weighted by Crippen LogP contribution is 2.29. The molecule has 3 N–H and O–H groups in total. The molecule has 6 heteroatoms. The Bertz CT molecular complexity index is 956. The number of rotatable bonds is 6. The van der Waals surface area contributed by atoms with Gasteiger partial charge in [0.1, 0.15) is 0 Å². The van der Waals surface area contributed by atoms with Gasteiger partial charge >= 0.3 is 0 Å². The van der Waals surface area contributed by atoms with Crippen molar-refractivity contribution in [1.82, 2.24) is 10.2 Å². The van der Waals surface area contributed by atoms with E-state index in [1.165, 1.54) is 0 Å². The molecule has 1 atom stereocenters. The SMILES string of the molecule is COC[C@H](C)Nc1nncc2cc(-c3cc(C(N)=O)ccc3C)ccc12. The average Bonchev–Trinajstić information content (AvgIpc) is 2.62. The van der Waals surface area contributed by atoms with Gasteiger partial charge in [-0.15, -0.1) is 5.10 Å². The van der Waals surface area contributed by atoms with E-state index in [9.17, 15) is 4.79 Å². The van der Waals surface area contributed by atoms with Crippen molar-refractivity contribution >= 4 is 22.5 Å². The Morgan fingerprint density at radius 2 is 2.08 bits per heavy atom. The number of anilines is 1. The molecule has 0 fully saturated rings. The smallest absolute Gasteiger partial charge is 0.248 e. The number of nitrogens with one attached hydrogen (secondary N) is 1. The number of nitrogens with two attached hydrogens (primary N) is 1. The summed E-state index contributed by atoms with van der Waals surface area (Å²) < 4.78 is 5.16. The van der Waals surface area contributed by atoms with E-state index >= 15 is 0 Å². The van der Waals surface area contributed by atoms with Crippen LogP contribution in [-0.4, -0.2) is 35.9 Å². The first-order chi connectivity index (χ1) is 12.5. The standard InChI is InChI=1S/C20H22N4O2/c1-12-4-5-15(19(21)25)9-18(12)14-6-7-17-16(8-14)10-22-24-20(17)23-13(2)11-26-3/h4-10,13H,11H2,1-3H3,(H2,21,25)(H,23,24)/t13-/m0/s1. The lowest BCUT2D eigenvalue weighted by Crippen LogP contribution is -2.21. The highest BCUT2D eigenvalue weighted by atomic mass is 16.5. The number of ether oxygens (including phenoxy) is 1. The number of hydrogen-bond donors (Lipinski definition) is 2. The Morgan fingerprint density at radius 1 is 1.27 bits per heavy atom. The number of methoxy groups -OCH3 is 1. The number of amides is 1. The zero-order valence-corrected chi connectivity index (χ0v) is 15.1. The lowest BCUT2D eigenvalue weighted by Gasteiger charge is -2.15. The Balaban J connectivity index is 2.03. The molecule has 3 aromatic rings. The lowest BCUT2D eigenvalue weighted by atomic mass is 9.96. The zero-order chi connectivity index (χ0) is 18.7. The summed E-state index contributed by atoms with van der Waals surface area (Å²) in [6.07, 6.45) is 1.73. The number of hydrogen-bond acceptors (Lipinski definition) is 5. The predicted molar refractivity (Wildman–Crippen MR) is 103 cm³/mol. The summed E-state index contributed by atoms with van der Waals surface area (Å²) in [4.78, 5) is 11.5. The second-order valence-electron chi connectivity index (χ2n) is 6.39. The van der Waals surface area contributed by atoms with Crippen LogP contribution < -0.4 is 11.1 Å². The maximum Gasteiger partial charge on any atom is 0.248 e. The molecule has 0 bridgehead atoms. The summed E-state index contributed by atoms with van der Waals surface area (Å²) >= 11 is 0. The molecule has 0 spiro atoms.